The van der Waals surface area contributed by atoms with Crippen molar-refractivity contribution in [1.29, 1.82) is 0 Å². The van der Waals surface area contributed by atoms with Crippen molar-refractivity contribution < 1.29 is 37.8 Å². The van der Waals surface area contributed by atoms with Crippen LogP contribution in [0, 0.1) is 0 Å². The third-order valence-corrected chi connectivity index (χ3v) is 1.63. The molecule has 0 aromatic carbocycles. The SMILES string of the molecule is C/C=C/C(=O)C[C@](C)(N)C(=O)O.O=C(O)C(F)(F)F. The molecule has 1 atom stereocenters. The van der Waals surface area contributed by atoms with Crippen LogP contribution >= 0.6 is 0 Å². The number of carbonyl (C=O) groups is 3. The Morgan fingerprint density at radius 1 is 1.16 bits per heavy atom. The molecule has 6 nitrogen and oxygen atoms in total. The van der Waals surface area contributed by atoms with Gasteiger partial charge < -0.3 is 15.9 Å². The van der Waals surface area contributed by atoms with Gasteiger partial charge in [0.1, 0.15) is 5.54 Å². The van der Waals surface area contributed by atoms with Gasteiger partial charge in [-0.15, -0.1) is 0 Å². The summed E-state index contributed by atoms with van der Waals surface area (Å²) in [5.41, 5.74) is 3.87. The molecular weight excluding hydrogens is 271 g/mol. The summed E-state index contributed by atoms with van der Waals surface area (Å²) < 4.78 is 31.7. The second-order valence-electron chi connectivity index (χ2n) is 3.67. The van der Waals surface area contributed by atoms with Crippen LogP contribution < -0.4 is 5.73 Å². The predicted molar refractivity (Wildman–Crippen MR) is 58.4 cm³/mol. The quantitative estimate of drug-likeness (QED) is 0.662. The van der Waals surface area contributed by atoms with Gasteiger partial charge in [-0.1, -0.05) is 6.08 Å². The number of carboxylic acid groups (broad SMARTS) is 2. The normalized spacial score (nSPS) is 14.2. The minimum atomic E-state index is -5.08. The molecule has 0 aromatic rings. The van der Waals surface area contributed by atoms with E-state index in [4.69, 9.17) is 20.7 Å². The lowest BCUT2D eigenvalue weighted by atomic mass is 9.97. The van der Waals surface area contributed by atoms with E-state index in [0.29, 0.717) is 0 Å². The smallest absolute Gasteiger partial charge is 0.480 e. The summed E-state index contributed by atoms with van der Waals surface area (Å²) >= 11 is 0. The molecule has 0 rings (SSSR count). The highest BCUT2D eigenvalue weighted by Gasteiger charge is 2.38. The van der Waals surface area contributed by atoms with Crippen molar-refractivity contribution in [3.63, 3.8) is 0 Å². The van der Waals surface area contributed by atoms with Crippen LogP contribution in [0.4, 0.5) is 13.2 Å². The van der Waals surface area contributed by atoms with Gasteiger partial charge in [0.25, 0.3) is 0 Å². The molecule has 0 saturated heterocycles. The van der Waals surface area contributed by atoms with Crippen LogP contribution in [0.15, 0.2) is 12.2 Å². The third-order valence-electron chi connectivity index (χ3n) is 1.63. The molecule has 0 fully saturated rings. The fourth-order valence-corrected chi connectivity index (χ4v) is 0.682. The molecule has 0 bridgehead atoms. The highest BCUT2D eigenvalue weighted by Crippen LogP contribution is 2.13. The fraction of sp³-hybridized carbons (Fsp3) is 0.500. The molecule has 110 valence electrons. The maximum atomic E-state index is 10.9. The van der Waals surface area contributed by atoms with Crippen molar-refractivity contribution in [1.82, 2.24) is 0 Å². The van der Waals surface area contributed by atoms with Gasteiger partial charge in [-0.25, -0.2) is 4.79 Å². The second-order valence-corrected chi connectivity index (χ2v) is 3.67. The zero-order valence-corrected chi connectivity index (χ0v) is 10.2. The van der Waals surface area contributed by atoms with Crippen LogP contribution in [0.3, 0.4) is 0 Å². The number of rotatable bonds is 4. The van der Waals surface area contributed by atoms with Gasteiger partial charge in [0.05, 0.1) is 0 Å². The lowest BCUT2D eigenvalue weighted by molar-refractivity contribution is -0.192. The van der Waals surface area contributed by atoms with Crippen LogP contribution in [0.2, 0.25) is 0 Å². The Labute approximate surface area is 106 Å². The lowest BCUT2D eigenvalue weighted by Crippen LogP contribution is -2.46. The number of hydrogen-bond donors (Lipinski definition) is 3. The Kier molecular flexibility index (Phi) is 7.69. The average molecular weight is 285 g/mol. The first-order valence-corrected chi connectivity index (χ1v) is 4.82. The fourth-order valence-electron chi connectivity index (χ4n) is 0.682. The van der Waals surface area contributed by atoms with Gasteiger partial charge in [0, 0.05) is 6.42 Å². The van der Waals surface area contributed by atoms with Crippen LogP contribution in [0.5, 0.6) is 0 Å². The monoisotopic (exact) mass is 285 g/mol. The number of halogens is 3. The zero-order chi connectivity index (χ0) is 15.9. The molecule has 9 heteroatoms. The van der Waals surface area contributed by atoms with E-state index in [9.17, 15) is 22.8 Å². The van der Waals surface area contributed by atoms with E-state index in [1.165, 1.54) is 13.0 Å². The van der Waals surface area contributed by atoms with E-state index in [1.54, 1.807) is 13.0 Å². The molecule has 0 aliphatic heterocycles. The summed E-state index contributed by atoms with van der Waals surface area (Å²) in [5, 5.41) is 15.7. The highest BCUT2D eigenvalue weighted by molar-refractivity contribution is 5.94. The van der Waals surface area contributed by atoms with Crippen LogP contribution in [0.1, 0.15) is 20.3 Å². The largest absolute Gasteiger partial charge is 0.490 e. The van der Waals surface area contributed by atoms with Crippen molar-refractivity contribution in [3.8, 4) is 0 Å². The van der Waals surface area contributed by atoms with Gasteiger partial charge in [0.15, 0.2) is 5.78 Å². The first-order valence-electron chi connectivity index (χ1n) is 4.82. The first-order chi connectivity index (χ1) is 8.34. The number of nitrogens with two attached hydrogens (primary N) is 1. The maximum absolute atomic E-state index is 10.9. The van der Waals surface area contributed by atoms with Crippen molar-refractivity contribution >= 4 is 17.7 Å². The highest BCUT2D eigenvalue weighted by atomic mass is 19.4. The zero-order valence-electron chi connectivity index (χ0n) is 10.2. The molecule has 0 radical (unpaired) electrons. The number of carbonyl (C=O) groups excluding carboxylic acids is 1. The average Bonchev–Trinajstić information content (AvgIpc) is 2.15. The summed E-state index contributed by atoms with van der Waals surface area (Å²) in [6.45, 7) is 3.00. The van der Waals surface area contributed by atoms with Crippen LogP contribution in [-0.4, -0.2) is 39.7 Å². The number of alkyl halides is 3. The Bertz CT molecular complexity index is 374. The summed E-state index contributed by atoms with van der Waals surface area (Å²) in [6, 6.07) is 0. The van der Waals surface area contributed by atoms with Crippen molar-refractivity contribution in [2.45, 2.75) is 32.0 Å². The standard InChI is InChI=1S/C8H13NO3.C2HF3O2/c1-3-4-6(10)5-8(2,9)7(11)12;3-2(4,5)1(6)7/h3-4H,5,9H2,1-2H3,(H,11,12);(H,6,7)/b4-3+;/t8-;/m0./s1. The predicted octanol–water partition coefficient (Wildman–Crippen LogP) is 0.957. The summed E-state index contributed by atoms with van der Waals surface area (Å²) in [6.07, 6.45) is -2.39. The van der Waals surface area contributed by atoms with E-state index < -0.39 is 23.7 Å². The molecule has 0 aliphatic carbocycles. The Morgan fingerprint density at radius 3 is 1.74 bits per heavy atom. The molecular formula is C10H14F3NO5. The summed E-state index contributed by atoms with van der Waals surface area (Å²) in [7, 11) is 0. The van der Waals surface area contributed by atoms with Gasteiger partial charge in [-0.3, -0.25) is 9.59 Å². The summed E-state index contributed by atoms with van der Waals surface area (Å²) in [5.74, 6) is -4.20. The second kappa shape index (κ2) is 7.52. The van der Waals surface area contributed by atoms with Gasteiger partial charge in [-0.05, 0) is 19.9 Å². The van der Waals surface area contributed by atoms with Crippen molar-refractivity contribution in [2.75, 3.05) is 0 Å². The Morgan fingerprint density at radius 2 is 1.53 bits per heavy atom. The third kappa shape index (κ3) is 9.77. The molecule has 0 heterocycles. The van der Waals surface area contributed by atoms with E-state index in [2.05, 4.69) is 0 Å². The van der Waals surface area contributed by atoms with Gasteiger partial charge >= 0.3 is 18.1 Å². The van der Waals surface area contributed by atoms with Crippen molar-refractivity contribution in [3.05, 3.63) is 12.2 Å². The van der Waals surface area contributed by atoms with Crippen molar-refractivity contribution in [2.24, 2.45) is 5.73 Å². The Hall–Kier alpha value is -1.90. The summed E-state index contributed by atoms with van der Waals surface area (Å²) in [4.78, 5) is 30.3. The number of ketones is 1. The number of allylic oxidation sites excluding steroid dienone is 2. The van der Waals surface area contributed by atoms with E-state index in [-0.39, 0.29) is 12.2 Å². The molecule has 0 amide bonds. The lowest BCUT2D eigenvalue weighted by Gasteiger charge is -2.16. The topological polar surface area (TPSA) is 118 Å². The molecule has 0 saturated carbocycles. The molecule has 0 aromatic heterocycles. The molecule has 0 aliphatic rings. The Balaban J connectivity index is 0. The number of hydrogen-bond acceptors (Lipinski definition) is 4. The van der Waals surface area contributed by atoms with E-state index >= 15 is 0 Å². The van der Waals surface area contributed by atoms with Gasteiger partial charge in [0.2, 0.25) is 0 Å². The molecule has 4 N–H and O–H groups in total. The van der Waals surface area contributed by atoms with Gasteiger partial charge in [-0.2, -0.15) is 13.2 Å². The first kappa shape index (κ1) is 19.4. The van der Waals surface area contributed by atoms with Crippen LogP contribution in [0.25, 0.3) is 0 Å². The minimum absolute atomic E-state index is 0.174. The molecule has 0 unspecified atom stereocenters. The number of carboxylic acids is 2. The minimum Gasteiger partial charge on any atom is -0.480 e. The van der Waals surface area contributed by atoms with Crippen LogP contribution in [-0.2, 0) is 14.4 Å². The number of aliphatic carboxylic acids is 2. The molecule has 0 spiro atoms. The van der Waals surface area contributed by atoms with E-state index in [1.807, 2.05) is 0 Å². The maximum Gasteiger partial charge on any atom is 0.490 e. The molecule has 19 heavy (non-hydrogen) atoms. The van der Waals surface area contributed by atoms with E-state index in [0.717, 1.165) is 0 Å².